The monoisotopic (exact) mass is 242 g/mol. The smallest absolute Gasteiger partial charge is 0.163 e. The summed E-state index contributed by atoms with van der Waals surface area (Å²) in [6.45, 7) is 1.96. The zero-order valence-corrected chi connectivity index (χ0v) is 10.3. The number of carbonyl (C=O) groups is 1. The molecule has 0 unspecified atom stereocenters. The number of Topliss-reactive ketones (excluding diaryl/α,β-unsaturated/α-hetero) is 1. The summed E-state index contributed by atoms with van der Waals surface area (Å²) in [6.07, 6.45) is 1.29. The fraction of sp³-hybridized carbons (Fsp3) is 0.188. The molecule has 0 spiro atoms. The second kappa shape index (κ2) is 5.58. The van der Waals surface area contributed by atoms with E-state index in [1.54, 1.807) is 30.3 Å². The molecule has 0 saturated heterocycles. The first kappa shape index (κ1) is 12.5. The van der Waals surface area contributed by atoms with Crippen LogP contribution in [0.4, 0.5) is 4.39 Å². The lowest BCUT2D eigenvalue weighted by molar-refractivity contribution is 0.0982. The Morgan fingerprint density at radius 3 is 2.28 bits per heavy atom. The van der Waals surface area contributed by atoms with Gasteiger partial charge in [0, 0.05) is 17.5 Å². The van der Waals surface area contributed by atoms with Gasteiger partial charge in [0.05, 0.1) is 0 Å². The Morgan fingerprint density at radius 1 is 1.00 bits per heavy atom. The van der Waals surface area contributed by atoms with E-state index in [2.05, 4.69) is 0 Å². The van der Waals surface area contributed by atoms with Crippen molar-refractivity contribution in [2.75, 3.05) is 0 Å². The van der Waals surface area contributed by atoms with Gasteiger partial charge in [0.25, 0.3) is 0 Å². The van der Waals surface area contributed by atoms with Crippen molar-refractivity contribution in [3.05, 3.63) is 59.9 Å². The predicted octanol–water partition coefficient (Wildman–Crippen LogP) is 4.48. The molecule has 2 rings (SSSR count). The minimum Gasteiger partial charge on any atom is -0.294 e. The van der Waals surface area contributed by atoms with Crippen LogP contribution >= 0.6 is 0 Å². The SMILES string of the molecule is CCCC(=O)c1ccccc1-c1ccccc1F. The van der Waals surface area contributed by atoms with Crippen molar-refractivity contribution in [3.63, 3.8) is 0 Å². The third-order valence-electron chi connectivity index (χ3n) is 2.87. The number of hydrogen-bond acceptors (Lipinski definition) is 1. The lowest BCUT2D eigenvalue weighted by Crippen LogP contribution is -2.01. The van der Waals surface area contributed by atoms with Crippen LogP contribution in [0.25, 0.3) is 11.1 Å². The highest BCUT2D eigenvalue weighted by molar-refractivity contribution is 6.02. The summed E-state index contributed by atoms with van der Waals surface area (Å²) in [4.78, 5) is 12.0. The number of hydrogen-bond donors (Lipinski definition) is 0. The van der Waals surface area contributed by atoms with Crippen molar-refractivity contribution >= 4 is 5.78 Å². The molecular formula is C16H15FO. The number of carbonyl (C=O) groups excluding carboxylic acids is 1. The maximum absolute atomic E-state index is 13.8. The van der Waals surface area contributed by atoms with Crippen LogP contribution in [0.2, 0.25) is 0 Å². The van der Waals surface area contributed by atoms with E-state index in [1.165, 1.54) is 6.07 Å². The molecule has 2 aromatic rings. The molecule has 0 aliphatic heterocycles. The molecule has 0 saturated carbocycles. The maximum atomic E-state index is 13.8. The van der Waals surface area contributed by atoms with Gasteiger partial charge in [-0.2, -0.15) is 0 Å². The molecule has 0 aromatic heterocycles. The highest BCUT2D eigenvalue weighted by Crippen LogP contribution is 2.27. The van der Waals surface area contributed by atoms with Gasteiger partial charge in [-0.3, -0.25) is 4.79 Å². The zero-order chi connectivity index (χ0) is 13.0. The summed E-state index contributed by atoms with van der Waals surface area (Å²) in [7, 11) is 0. The third kappa shape index (κ3) is 2.48. The summed E-state index contributed by atoms with van der Waals surface area (Å²) in [5.74, 6) is -0.231. The van der Waals surface area contributed by atoms with Crippen LogP contribution in [-0.2, 0) is 0 Å². The van der Waals surface area contributed by atoms with Gasteiger partial charge < -0.3 is 0 Å². The fourth-order valence-electron chi connectivity index (χ4n) is 2.00. The number of halogens is 1. The largest absolute Gasteiger partial charge is 0.294 e. The molecule has 0 aliphatic carbocycles. The molecule has 2 heteroatoms. The van der Waals surface area contributed by atoms with E-state index in [-0.39, 0.29) is 11.6 Å². The van der Waals surface area contributed by atoms with Crippen molar-refractivity contribution in [1.82, 2.24) is 0 Å². The molecule has 0 aliphatic rings. The van der Waals surface area contributed by atoms with Crippen LogP contribution in [0.5, 0.6) is 0 Å². The Labute approximate surface area is 106 Å². The topological polar surface area (TPSA) is 17.1 Å². The summed E-state index contributed by atoms with van der Waals surface area (Å²) >= 11 is 0. The van der Waals surface area contributed by atoms with Gasteiger partial charge in [-0.15, -0.1) is 0 Å². The van der Waals surface area contributed by atoms with Crippen molar-refractivity contribution in [2.45, 2.75) is 19.8 Å². The van der Waals surface area contributed by atoms with E-state index in [0.29, 0.717) is 23.1 Å². The van der Waals surface area contributed by atoms with Gasteiger partial charge in [0.15, 0.2) is 5.78 Å². The summed E-state index contributed by atoms with van der Waals surface area (Å²) in [5.41, 5.74) is 1.76. The van der Waals surface area contributed by atoms with Crippen molar-refractivity contribution in [1.29, 1.82) is 0 Å². The highest BCUT2D eigenvalue weighted by Gasteiger charge is 2.13. The van der Waals surface area contributed by atoms with Crippen molar-refractivity contribution in [3.8, 4) is 11.1 Å². The van der Waals surface area contributed by atoms with E-state index in [4.69, 9.17) is 0 Å². The number of rotatable bonds is 4. The Morgan fingerprint density at radius 2 is 1.61 bits per heavy atom. The van der Waals surface area contributed by atoms with Gasteiger partial charge in [-0.05, 0) is 18.1 Å². The zero-order valence-electron chi connectivity index (χ0n) is 10.3. The van der Waals surface area contributed by atoms with Gasteiger partial charge in [0.1, 0.15) is 5.82 Å². The lowest BCUT2D eigenvalue weighted by atomic mass is 9.95. The van der Waals surface area contributed by atoms with E-state index in [1.807, 2.05) is 19.1 Å². The van der Waals surface area contributed by atoms with Crippen molar-refractivity contribution < 1.29 is 9.18 Å². The molecule has 0 fully saturated rings. The van der Waals surface area contributed by atoms with Gasteiger partial charge >= 0.3 is 0 Å². The lowest BCUT2D eigenvalue weighted by Gasteiger charge is -2.09. The molecule has 0 amide bonds. The van der Waals surface area contributed by atoms with Crippen LogP contribution in [0.15, 0.2) is 48.5 Å². The average molecular weight is 242 g/mol. The van der Waals surface area contributed by atoms with Gasteiger partial charge in [-0.25, -0.2) is 4.39 Å². The second-order valence-electron chi connectivity index (χ2n) is 4.20. The second-order valence-corrected chi connectivity index (χ2v) is 4.20. The maximum Gasteiger partial charge on any atom is 0.163 e. The minimum absolute atomic E-state index is 0.0661. The molecule has 92 valence electrons. The third-order valence-corrected chi connectivity index (χ3v) is 2.87. The molecular weight excluding hydrogens is 227 g/mol. The first-order chi connectivity index (χ1) is 8.74. The Kier molecular flexibility index (Phi) is 3.88. The van der Waals surface area contributed by atoms with E-state index >= 15 is 0 Å². The summed E-state index contributed by atoms with van der Waals surface area (Å²) < 4.78 is 13.8. The standard InChI is InChI=1S/C16H15FO/c1-2-7-16(18)14-10-4-3-8-12(14)13-9-5-6-11-15(13)17/h3-6,8-11H,2,7H2,1H3. The molecule has 0 N–H and O–H groups in total. The predicted molar refractivity (Wildman–Crippen MR) is 71.1 cm³/mol. The Bertz CT molecular complexity index is 561. The molecule has 0 radical (unpaired) electrons. The first-order valence-corrected chi connectivity index (χ1v) is 6.11. The average Bonchev–Trinajstić information content (AvgIpc) is 2.40. The fourth-order valence-corrected chi connectivity index (χ4v) is 2.00. The van der Waals surface area contributed by atoms with Crippen LogP contribution in [0.1, 0.15) is 30.1 Å². The Balaban J connectivity index is 2.52. The van der Waals surface area contributed by atoms with Crippen LogP contribution in [-0.4, -0.2) is 5.78 Å². The van der Waals surface area contributed by atoms with Crippen LogP contribution < -0.4 is 0 Å². The molecule has 2 aromatic carbocycles. The van der Waals surface area contributed by atoms with E-state index in [0.717, 1.165) is 6.42 Å². The van der Waals surface area contributed by atoms with Gasteiger partial charge in [0.2, 0.25) is 0 Å². The molecule has 18 heavy (non-hydrogen) atoms. The van der Waals surface area contributed by atoms with Crippen LogP contribution in [0, 0.1) is 5.82 Å². The Hall–Kier alpha value is -1.96. The van der Waals surface area contributed by atoms with Crippen LogP contribution in [0.3, 0.4) is 0 Å². The summed E-state index contributed by atoms with van der Waals surface area (Å²) in [5, 5.41) is 0. The number of ketones is 1. The molecule has 1 nitrogen and oxygen atoms in total. The first-order valence-electron chi connectivity index (χ1n) is 6.11. The van der Waals surface area contributed by atoms with Crippen molar-refractivity contribution in [2.24, 2.45) is 0 Å². The quantitative estimate of drug-likeness (QED) is 0.723. The minimum atomic E-state index is -0.297. The summed E-state index contributed by atoms with van der Waals surface area (Å²) in [6, 6.07) is 13.7. The van der Waals surface area contributed by atoms with E-state index in [9.17, 15) is 9.18 Å². The normalized spacial score (nSPS) is 10.3. The molecule has 0 bridgehead atoms. The molecule has 0 atom stereocenters. The molecule has 0 heterocycles. The number of benzene rings is 2. The van der Waals surface area contributed by atoms with E-state index < -0.39 is 0 Å². The highest BCUT2D eigenvalue weighted by atomic mass is 19.1. The van der Waals surface area contributed by atoms with Gasteiger partial charge in [-0.1, -0.05) is 49.4 Å².